The van der Waals surface area contributed by atoms with Crippen LogP contribution in [0.5, 0.6) is 0 Å². The maximum Gasteiger partial charge on any atom is 0.191 e. The van der Waals surface area contributed by atoms with Gasteiger partial charge in [0.15, 0.2) is 11.5 Å². The van der Waals surface area contributed by atoms with Crippen LogP contribution < -0.4 is 0 Å². The molecule has 0 N–H and O–H groups in total. The first-order valence-electron chi connectivity index (χ1n) is 6.99. The summed E-state index contributed by atoms with van der Waals surface area (Å²) >= 11 is 0. The number of hydrogen-bond donors (Lipinski definition) is 0. The van der Waals surface area contributed by atoms with Crippen molar-refractivity contribution < 1.29 is 9.37 Å². The molecule has 1 heterocycles. The van der Waals surface area contributed by atoms with Crippen LogP contribution in [0.1, 0.15) is 27.9 Å². The molecule has 0 bridgehead atoms. The maximum atomic E-state index is 12.4. The molecule has 0 saturated heterocycles. The zero-order valence-electron chi connectivity index (χ0n) is 11.7. The van der Waals surface area contributed by atoms with E-state index < -0.39 is 0 Å². The molecule has 2 nitrogen and oxygen atoms in total. The minimum absolute atomic E-state index is 0.184. The molecule has 0 aliphatic carbocycles. The first kappa shape index (κ1) is 12.8. The number of hydrogen-bond acceptors (Lipinski definition) is 1. The van der Waals surface area contributed by atoms with Crippen LogP contribution in [0.3, 0.4) is 0 Å². The van der Waals surface area contributed by atoms with Gasteiger partial charge in [0, 0.05) is 17.5 Å². The summed E-state index contributed by atoms with van der Waals surface area (Å²) in [4.78, 5) is 12.4. The molecule has 100 valence electrons. The Morgan fingerprint density at radius 2 is 1.75 bits per heavy atom. The smallest absolute Gasteiger partial charge is 0.191 e. The van der Waals surface area contributed by atoms with E-state index in [9.17, 15) is 4.79 Å². The van der Waals surface area contributed by atoms with Crippen LogP contribution in [-0.2, 0) is 6.42 Å². The number of ketones is 1. The first-order valence-corrected chi connectivity index (χ1v) is 6.99. The third-order valence-electron chi connectivity index (χ3n) is 3.93. The van der Waals surface area contributed by atoms with Crippen LogP contribution in [0.15, 0.2) is 54.6 Å². The monoisotopic (exact) mass is 264 g/mol. The van der Waals surface area contributed by atoms with Gasteiger partial charge in [-0.05, 0) is 11.6 Å². The summed E-state index contributed by atoms with van der Waals surface area (Å²) in [5, 5.41) is 0. The van der Waals surface area contributed by atoms with Gasteiger partial charge in [0.25, 0.3) is 0 Å². The van der Waals surface area contributed by atoms with Crippen LogP contribution in [-0.4, -0.2) is 29.7 Å². The second kappa shape index (κ2) is 5.41. The highest BCUT2D eigenvalue weighted by molar-refractivity contribution is 6.14. The predicted octanol–water partition coefficient (Wildman–Crippen LogP) is 2.95. The second-order valence-corrected chi connectivity index (χ2v) is 5.24. The maximum absolute atomic E-state index is 12.4. The van der Waals surface area contributed by atoms with Crippen LogP contribution in [0.4, 0.5) is 0 Å². The summed E-state index contributed by atoms with van der Waals surface area (Å²) in [5.41, 5.74) is 4.50. The molecule has 0 unspecified atom stereocenters. The molecule has 2 aromatic rings. The number of fused-ring (bicyclic) bond motifs is 1. The molecule has 3 rings (SSSR count). The summed E-state index contributed by atoms with van der Waals surface area (Å²) in [7, 11) is 2.07. The third kappa shape index (κ3) is 2.42. The molecule has 0 radical (unpaired) electrons. The predicted molar refractivity (Wildman–Crippen MR) is 80.7 cm³/mol. The van der Waals surface area contributed by atoms with Crippen LogP contribution in [0.25, 0.3) is 0 Å². The molecule has 0 amide bonds. The van der Waals surface area contributed by atoms with Crippen molar-refractivity contribution in [3.63, 3.8) is 0 Å². The van der Waals surface area contributed by atoms with Crippen molar-refractivity contribution in [1.82, 2.24) is 0 Å². The number of rotatable bonds is 3. The number of nitrogens with zero attached hydrogens (tertiary/aromatic N) is 1. The second-order valence-electron chi connectivity index (χ2n) is 5.24. The normalized spacial score (nSPS) is 14.1. The average molecular weight is 264 g/mol. The van der Waals surface area contributed by atoms with E-state index in [0.717, 1.165) is 24.2 Å². The lowest BCUT2D eigenvalue weighted by molar-refractivity contribution is -0.498. The Morgan fingerprint density at radius 3 is 2.55 bits per heavy atom. The van der Waals surface area contributed by atoms with Gasteiger partial charge in [0.1, 0.15) is 13.6 Å². The van der Waals surface area contributed by atoms with Gasteiger partial charge in [-0.1, -0.05) is 48.5 Å². The van der Waals surface area contributed by atoms with E-state index in [-0.39, 0.29) is 5.78 Å². The van der Waals surface area contributed by atoms with E-state index in [0.29, 0.717) is 6.42 Å². The standard InChI is InChI=1S/C18H18NO/c1-19-12-11-14-7-5-6-10-16(14)17(19)13-18(20)15-8-3-2-4-9-15/h2-10H,11-13H2,1H3/q+1. The van der Waals surface area contributed by atoms with Gasteiger partial charge < -0.3 is 0 Å². The lowest BCUT2D eigenvalue weighted by atomic mass is 9.93. The Balaban J connectivity index is 1.92. The van der Waals surface area contributed by atoms with Gasteiger partial charge in [-0.15, -0.1) is 0 Å². The highest BCUT2D eigenvalue weighted by Crippen LogP contribution is 2.18. The van der Waals surface area contributed by atoms with Crippen LogP contribution in [0, 0.1) is 0 Å². The summed E-state index contributed by atoms with van der Waals surface area (Å²) in [6, 6.07) is 17.9. The molecule has 2 aromatic carbocycles. The van der Waals surface area contributed by atoms with Crippen molar-refractivity contribution in [1.29, 1.82) is 0 Å². The molecule has 0 atom stereocenters. The van der Waals surface area contributed by atoms with Crippen molar-refractivity contribution in [3.8, 4) is 0 Å². The topological polar surface area (TPSA) is 20.1 Å². The third-order valence-corrected chi connectivity index (χ3v) is 3.93. The fraction of sp³-hybridized carbons (Fsp3) is 0.222. The van der Waals surface area contributed by atoms with Gasteiger partial charge in [-0.3, -0.25) is 4.79 Å². The van der Waals surface area contributed by atoms with E-state index in [2.05, 4.69) is 29.8 Å². The van der Waals surface area contributed by atoms with E-state index in [1.165, 1.54) is 11.1 Å². The van der Waals surface area contributed by atoms with Gasteiger partial charge >= 0.3 is 0 Å². The van der Waals surface area contributed by atoms with Gasteiger partial charge in [-0.25, -0.2) is 4.58 Å². The first-order chi connectivity index (χ1) is 9.75. The minimum atomic E-state index is 0.184. The Bertz CT molecular complexity index is 671. The Labute approximate surface area is 119 Å². The number of likely N-dealkylation sites (N-methyl/N-ethyl adjacent to an activating group) is 1. The SMILES string of the molecule is C[N+]1=C(CC(=O)c2ccccc2)c2ccccc2CC1. The van der Waals surface area contributed by atoms with E-state index in [4.69, 9.17) is 0 Å². The number of Topliss-reactive ketones (excluding diaryl/α,β-unsaturated/α-hetero) is 1. The van der Waals surface area contributed by atoms with Crippen molar-refractivity contribution in [2.75, 3.05) is 13.6 Å². The lowest BCUT2D eigenvalue weighted by Gasteiger charge is -2.16. The molecule has 0 fully saturated rings. The van der Waals surface area contributed by atoms with Gasteiger partial charge in [-0.2, -0.15) is 0 Å². The molecular formula is C18H18NO+. The summed E-state index contributed by atoms with van der Waals surface area (Å²) in [5.74, 6) is 0.184. The molecule has 1 aliphatic rings. The van der Waals surface area contributed by atoms with Crippen LogP contribution >= 0.6 is 0 Å². The number of benzene rings is 2. The Morgan fingerprint density at radius 1 is 1.05 bits per heavy atom. The van der Waals surface area contributed by atoms with Gasteiger partial charge in [0.2, 0.25) is 0 Å². The quantitative estimate of drug-likeness (QED) is 0.616. The van der Waals surface area contributed by atoms with Crippen molar-refractivity contribution in [2.24, 2.45) is 0 Å². The molecule has 1 aliphatic heterocycles. The minimum Gasteiger partial charge on any atom is -0.294 e. The lowest BCUT2D eigenvalue weighted by Crippen LogP contribution is -2.29. The molecule has 20 heavy (non-hydrogen) atoms. The summed E-state index contributed by atoms with van der Waals surface area (Å²) < 4.78 is 2.21. The highest BCUT2D eigenvalue weighted by atomic mass is 16.1. The van der Waals surface area contributed by atoms with Crippen LogP contribution in [0.2, 0.25) is 0 Å². The van der Waals surface area contributed by atoms with E-state index in [1.54, 1.807) is 0 Å². The zero-order chi connectivity index (χ0) is 13.9. The Kier molecular flexibility index (Phi) is 3.46. The molecular weight excluding hydrogens is 246 g/mol. The van der Waals surface area contributed by atoms with E-state index >= 15 is 0 Å². The Hall–Kier alpha value is -2.22. The van der Waals surface area contributed by atoms with Crippen molar-refractivity contribution >= 4 is 11.5 Å². The number of carbonyl (C=O) groups excluding carboxylic acids is 1. The number of carbonyl (C=O) groups is 1. The molecule has 0 saturated carbocycles. The van der Waals surface area contributed by atoms with Crippen molar-refractivity contribution in [3.05, 3.63) is 71.3 Å². The summed E-state index contributed by atoms with van der Waals surface area (Å²) in [6.45, 7) is 0.981. The average Bonchev–Trinajstić information content (AvgIpc) is 2.51. The highest BCUT2D eigenvalue weighted by Gasteiger charge is 2.25. The van der Waals surface area contributed by atoms with Crippen molar-refractivity contribution in [2.45, 2.75) is 12.8 Å². The summed E-state index contributed by atoms with van der Waals surface area (Å²) in [6.07, 6.45) is 1.52. The molecule has 2 heteroatoms. The van der Waals surface area contributed by atoms with Gasteiger partial charge in [0.05, 0.1) is 6.42 Å². The fourth-order valence-electron chi connectivity index (χ4n) is 2.76. The fourth-order valence-corrected chi connectivity index (χ4v) is 2.76. The van der Waals surface area contributed by atoms with E-state index in [1.807, 2.05) is 36.4 Å². The molecule has 0 aromatic heterocycles. The molecule has 0 spiro atoms. The zero-order valence-corrected chi connectivity index (χ0v) is 11.7. The largest absolute Gasteiger partial charge is 0.294 e.